The molecule has 0 saturated heterocycles. The normalized spacial score (nSPS) is 11.7. The van der Waals surface area contributed by atoms with Gasteiger partial charge in [0.1, 0.15) is 5.82 Å². The molecule has 1 aromatic heterocycles. The van der Waals surface area contributed by atoms with E-state index < -0.39 is 0 Å². The number of rotatable bonds is 1. The number of hydrogen-bond acceptors (Lipinski definition) is 2. The fourth-order valence-corrected chi connectivity index (χ4v) is 2.21. The molecule has 0 bridgehead atoms. The summed E-state index contributed by atoms with van der Waals surface area (Å²) >= 11 is 5.93. The quantitative estimate of drug-likeness (QED) is 0.725. The lowest BCUT2D eigenvalue weighted by Gasteiger charge is -2.24. The summed E-state index contributed by atoms with van der Waals surface area (Å²) in [5, 5.41) is 8.95. The number of hydrogen-bond donors (Lipinski definition) is 0. The molecule has 88 valence electrons. The number of benzene rings is 1. The molecule has 0 fully saturated rings. The first kappa shape index (κ1) is 11.9. The topological polar surface area (TPSA) is 41.6 Å². The average molecular weight is 248 g/mol. The van der Waals surface area contributed by atoms with Gasteiger partial charge in [0, 0.05) is 5.54 Å². The van der Waals surface area contributed by atoms with Crippen LogP contribution in [0.15, 0.2) is 18.2 Å². The van der Waals surface area contributed by atoms with E-state index >= 15 is 0 Å². The Labute approximate surface area is 106 Å². The molecule has 0 aliphatic carbocycles. The molecule has 0 amide bonds. The maximum atomic E-state index is 8.95. The van der Waals surface area contributed by atoms with Gasteiger partial charge in [0.2, 0.25) is 0 Å². The molecule has 2 aromatic rings. The molecular weight excluding hydrogens is 234 g/mol. The summed E-state index contributed by atoms with van der Waals surface area (Å²) in [5.41, 5.74) is 2.39. The first-order valence-electron chi connectivity index (χ1n) is 5.45. The predicted molar refractivity (Wildman–Crippen MR) is 69.0 cm³/mol. The van der Waals surface area contributed by atoms with Crippen molar-refractivity contribution in [2.24, 2.45) is 0 Å². The number of alkyl halides is 1. The Morgan fingerprint density at radius 2 is 2.12 bits per heavy atom. The van der Waals surface area contributed by atoms with E-state index in [9.17, 15) is 0 Å². The number of nitrogens with zero attached hydrogens (tertiary/aromatic N) is 3. The van der Waals surface area contributed by atoms with Gasteiger partial charge in [0.15, 0.2) is 0 Å². The van der Waals surface area contributed by atoms with Crippen LogP contribution in [0.5, 0.6) is 0 Å². The van der Waals surface area contributed by atoms with Crippen molar-refractivity contribution in [2.45, 2.75) is 32.2 Å². The smallest absolute Gasteiger partial charge is 0.125 e. The highest BCUT2D eigenvalue weighted by molar-refractivity contribution is 6.16. The van der Waals surface area contributed by atoms with Gasteiger partial charge >= 0.3 is 0 Å². The monoisotopic (exact) mass is 247 g/mol. The van der Waals surface area contributed by atoms with Gasteiger partial charge in [-0.3, -0.25) is 0 Å². The van der Waals surface area contributed by atoms with Crippen molar-refractivity contribution in [2.75, 3.05) is 0 Å². The van der Waals surface area contributed by atoms with Gasteiger partial charge < -0.3 is 4.57 Å². The molecule has 0 unspecified atom stereocenters. The molecule has 0 N–H and O–H groups in total. The van der Waals surface area contributed by atoms with Gasteiger partial charge in [-0.25, -0.2) is 4.98 Å². The molecule has 4 heteroatoms. The summed E-state index contributed by atoms with van der Waals surface area (Å²) in [6.07, 6.45) is 0. The number of halogens is 1. The maximum absolute atomic E-state index is 8.95. The summed E-state index contributed by atoms with van der Waals surface area (Å²) in [5.74, 6) is 1.21. The van der Waals surface area contributed by atoms with Gasteiger partial charge in [-0.15, -0.1) is 11.6 Å². The van der Waals surface area contributed by atoms with E-state index in [1.165, 1.54) is 0 Å². The second-order valence-corrected chi connectivity index (χ2v) is 5.25. The van der Waals surface area contributed by atoms with Crippen LogP contribution >= 0.6 is 11.6 Å². The van der Waals surface area contributed by atoms with Gasteiger partial charge in [-0.1, -0.05) is 0 Å². The fourth-order valence-electron chi connectivity index (χ4n) is 2.03. The van der Waals surface area contributed by atoms with Gasteiger partial charge in [-0.2, -0.15) is 5.26 Å². The largest absolute Gasteiger partial charge is 0.322 e. The Morgan fingerprint density at radius 1 is 1.41 bits per heavy atom. The third-order valence-corrected chi connectivity index (χ3v) is 2.88. The van der Waals surface area contributed by atoms with Crippen molar-refractivity contribution in [3.05, 3.63) is 29.6 Å². The van der Waals surface area contributed by atoms with Crippen LogP contribution in [0, 0.1) is 11.3 Å². The fraction of sp³-hybridized carbons (Fsp3) is 0.385. The minimum atomic E-state index is -0.104. The predicted octanol–water partition coefficient (Wildman–Crippen LogP) is 3.40. The van der Waals surface area contributed by atoms with Crippen molar-refractivity contribution >= 4 is 22.6 Å². The van der Waals surface area contributed by atoms with E-state index in [1.807, 2.05) is 12.1 Å². The molecule has 0 aliphatic heterocycles. The number of imidazole rings is 1. The summed E-state index contributed by atoms with van der Waals surface area (Å²) in [6, 6.07) is 7.66. The van der Waals surface area contributed by atoms with Crippen LogP contribution in [-0.2, 0) is 11.4 Å². The zero-order chi connectivity index (χ0) is 12.6. The number of fused-ring (bicyclic) bond motifs is 1. The Bertz CT molecular complexity index is 599. The summed E-state index contributed by atoms with van der Waals surface area (Å²) in [4.78, 5) is 4.49. The van der Waals surface area contributed by atoms with E-state index in [2.05, 4.69) is 36.4 Å². The Morgan fingerprint density at radius 3 is 2.65 bits per heavy atom. The Kier molecular flexibility index (Phi) is 2.84. The molecule has 17 heavy (non-hydrogen) atoms. The average Bonchev–Trinajstić information content (AvgIpc) is 2.65. The summed E-state index contributed by atoms with van der Waals surface area (Å²) in [7, 11) is 0. The van der Waals surface area contributed by atoms with Crippen LogP contribution < -0.4 is 0 Å². The van der Waals surface area contributed by atoms with Crippen molar-refractivity contribution in [1.29, 1.82) is 5.26 Å². The van der Waals surface area contributed by atoms with E-state index in [0.717, 1.165) is 16.9 Å². The third-order valence-electron chi connectivity index (χ3n) is 2.64. The molecule has 0 saturated carbocycles. The van der Waals surface area contributed by atoms with Crippen LogP contribution in [0.3, 0.4) is 0 Å². The standard InChI is InChI=1S/C13H14ClN3/c1-13(2,3)17-11-6-9(8-15)4-5-10(11)16-12(17)7-14/h4-6H,7H2,1-3H3. The SMILES string of the molecule is CC(C)(C)n1c(CCl)nc2ccc(C#N)cc21. The molecule has 1 heterocycles. The summed E-state index contributed by atoms with van der Waals surface area (Å²) < 4.78 is 2.09. The van der Waals surface area contributed by atoms with Gasteiger partial charge in [0.05, 0.1) is 28.5 Å². The first-order valence-corrected chi connectivity index (χ1v) is 5.99. The van der Waals surface area contributed by atoms with Crippen molar-refractivity contribution in [1.82, 2.24) is 9.55 Å². The minimum absolute atomic E-state index is 0.104. The number of nitriles is 1. The van der Waals surface area contributed by atoms with Crippen LogP contribution in [0.25, 0.3) is 11.0 Å². The lowest BCUT2D eigenvalue weighted by molar-refractivity contribution is 0.398. The second kappa shape index (κ2) is 4.05. The van der Waals surface area contributed by atoms with Crippen molar-refractivity contribution in [3.63, 3.8) is 0 Å². The minimum Gasteiger partial charge on any atom is -0.322 e. The van der Waals surface area contributed by atoms with Crippen molar-refractivity contribution in [3.8, 4) is 6.07 Å². The maximum Gasteiger partial charge on any atom is 0.125 e. The van der Waals surface area contributed by atoms with Crippen molar-refractivity contribution < 1.29 is 0 Å². The van der Waals surface area contributed by atoms with E-state index in [1.54, 1.807) is 6.07 Å². The van der Waals surface area contributed by atoms with E-state index in [4.69, 9.17) is 16.9 Å². The first-order chi connectivity index (χ1) is 7.97. The molecule has 1 aromatic carbocycles. The van der Waals surface area contributed by atoms with Gasteiger partial charge in [-0.05, 0) is 39.0 Å². The molecule has 3 nitrogen and oxygen atoms in total. The van der Waals surface area contributed by atoms with Crippen LogP contribution in [-0.4, -0.2) is 9.55 Å². The van der Waals surface area contributed by atoms with Gasteiger partial charge in [0.25, 0.3) is 0 Å². The molecule has 0 radical (unpaired) electrons. The highest BCUT2D eigenvalue weighted by Crippen LogP contribution is 2.26. The van der Waals surface area contributed by atoms with E-state index in [0.29, 0.717) is 11.4 Å². The lowest BCUT2D eigenvalue weighted by Crippen LogP contribution is -2.23. The Balaban J connectivity index is 2.82. The molecular formula is C13H14ClN3. The third kappa shape index (κ3) is 2.01. The zero-order valence-corrected chi connectivity index (χ0v) is 10.9. The molecule has 2 rings (SSSR count). The number of aromatic nitrogens is 2. The second-order valence-electron chi connectivity index (χ2n) is 4.98. The lowest BCUT2D eigenvalue weighted by atomic mass is 10.1. The molecule has 0 aliphatic rings. The zero-order valence-electron chi connectivity index (χ0n) is 10.2. The molecule has 0 atom stereocenters. The van der Waals surface area contributed by atoms with Crippen LogP contribution in [0.2, 0.25) is 0 Å². The summed E-state index contributed by atoms with van der Waals surface area (Å²) in [6.45, 7) is 6.30. The Hall–Kier alpha value is -1.53. The van der Waals surface area contributed by atoms with Crippen LogP contribution in [0.4, 0.5) is 0 Å². The highest BCUT2D eigenvalue weighted by atomic mass is 35.5. The van der Waals surface area contributed by atoms with Crippen LogP contribution in [0.1, 0.15) is 32.2 Å². The van der Waals surface area contributed by atoms with E-state index in [-0.39, 0.29) is 5.54 Å². The molecule has 0 spiro atoms. The highest BCUT2D eigenvalue weighted by Gasteiger charge is 2.20.